The van der Waals surface area contributed by atoms with Gasteiger partial charge in [-0.3, -0.25) is 4.72 Å². The smallest absolute Gasteiger partial charge is 0.248 e. The first-order chi connectivity index (χ1) is 6.93. The molecular formula is C7H12ClN3O2S2. The Bertz CT molecular complexity index is 416. The number of halogens is 1. The molecule has 0 amide bonds. The molecule has 0 aliphatic carbocycles. The van der Waals surface area contributed by atoms with Crippen LogP contribution in [-0.2, 0) is 16.4 Å². The molecule has 1 heterocycles. The van der Waals surface area contributed by atoms with E-state index in [9.17, 15) is 8.42 Å². The third-order valence-corrected chi connectivity index (χ3v) is 4.08. The molecule has 0 atom stereocenters. The number of nitrogens with zero attached hydrogens (tertiary/aromatic N) is 2. The fraction of sp³-hybridized carbons (Fsp3) is 0.714. The topological polar surface area (TPSA) is 72.0 Å². The van der Waals surface area contributed by atoms with Crippen molar-refractivity contribution >= 4 is 38.1 Å². The van der Waals surface area contributed by atoms with Crippen molar-refractivity contribution in [2.24, 2.45) is 5.92 Å². The first kappa shape index (κ1) is 12.7. The fourth-order valence-corrected chi connectivity index (χ4v) is 2.76. The zero-order valence-electron chi connectivity index (χ0n) is 8.40. The van der Waals surface area contributed by atoms with Gasteiger partial charge < -0.3 is 0 Å². The molecule has 15 heavy (non-hydrogen) atoms. The zero-order valence-corrected chi connectivity index (χ0v) is 10.8. The van der Waals surface area contributed by atoms with Crippen molar-refractivity contribution in [3.63, 3.8) is 0 Å². The number of aromatic nitrogens is 2. The maximum Gasteiger partial charge on any atom is 0.248 e. The molecule has 0 spiro atoms. The van der Waals surface area contributed by atoms with Gasteiger partial charge in [-0.2, -0.15) is 0 Å². The first-order valence-electron chi connectivity index (χ1n) is 4.32. The molecule has 0 aliphatic rings. The Morgan fingerprint density at radius 2 is 2.13 bits per heavy atom. The monoisotopic (exact) mass is 269 g/mol. The predicted molar refractivity (Wildman–Crippen MR) is 61.7 cm³/mol. The number of anilines is 1. The van der Waals surface area contributed by atoms with Gasteiger partial charge in [-0.15, -0.1) is 21.8 Å². The van der Waals surface area contributed by atoms with E-state index in [0.717, 1.165) is 11.4 Å². The molecule has 0 bridgehead atoms. The van der Waals surface area contributed by atoms with Gasteiger partial charge in [-0.25, -0.2) is 8.42 Å². The average molecular weight is 270 g/mol. The fourth-order valence-electron chi connectivity index (χ4n) is 0.887. The van der Waals surface area contributed by atoms with Gasteiger partial charge in [0.15, 0.2) is 0 Å². The van der Waals surface area contributed by atoms with Gasteiger partial charge >= 0.3 is 0 Å². The molecule has 0 aromatic carbocycles. The summed E-state index contributed by atoms with van der Waals surface area (Å²) in [4.78, 5) is 0. The second-order valence-electron chi connectivity index (χ2n) is 3.42. The lowest BCUT2D eigenvalue weighted by atomic mass is 10.1. The van der Waals surface area contributed by atoms with E-state index in [1.54, 1.807) is 0 Å². The molecule has 1 aromatic rings. The van der Waals surface area contributed by atoms with E-state index in [0.29, 0.717) is 5.92 Å². The van der Waals surface area contributed by atoms with Crippen LogP contribution in [-0.4, -0.2) is 23.8 Å². The van der Waals surface area contributed by atoms with Gasteiger partial charge in [-0.05, 0) is 5.92 Å². The van der Waals surface area contributed by atoms with Crippen LogP contribution in [0, 0.1) is 5.92 Å². The summed E-state index contributed by atoms with van der Waals surface area (Å²) in [5.41, 5.74) is 0. The van der Waals surface area contributed by atoms with Gasteiger partial charge in [0.05, 0.1) is 0 Å². The lowest BCUT2D eigenvalue weighted by molar-refractivity contribution is 0.605. The summed E-state index contributed by atoms with van der Waals surface area (Å²) in [7, 11) is -3.46. The van der Waals surface area contributed by atoms with E-state index in [2.05, 4.69) is 28.8 Å². The first-order valence-corrected chi connectivity index (χ1v) is 7.32. The molecule has 0 radical (unpaired) electrons. The highest BCUT2D eigenvalue weighted by Crippen LogP contribution is 2.19. The molecule has 0 saturated heterocycles. The van der Waals surface area contributed by atoms with E-state index in [1.807, 2.05) is 0 Å². The Morgan fingerprint density at radius 1 is 1.47 bits per heavy atom. The van der Waals surface area contributed by atoms with E-state index in [4.69, 9.17) is 11.6 Å². The number of alkyl halides is 1. The van der Waals surface area contributed by atoms with Crippen LogP contribution < -0.4 is 4.72 Å². The van der Waals surface area contributed by atoms with Gasteiger partial charge in [0, 0.05) is 6.42 Å². The largest absolute Gasteiger partial charge is 0.256 e. The van der Waals surface area contributed by atoms with E-state index in [1.165, 1.54) is 11.3 Å². The number of rotatable bonds is 5. The molecule has 86 valence electrons. The van der Waals surface area contributed by atoms with Crippen molar-refractivity contribution in [2.75, 3.05) is 9.93 Å². The lowest BCUT2D eigenvalue weighted by Crippen LogP contribution is -2.13. The Morgan fingerprint density at radius 3 is 2.67 bits per heavy atom. The van der Waals surface area contributed by atoms with Crippen LogP contribution in [0.3, 0.4) is 0 Å². The van der Waals surface area contributed by atoms with Crippen molar-refractivity contribution < 1.29 is 8.42 Å². The van der Waals surface area contributed by atoms with Crippen LogP contribution in [0.25, 0.3) is 0 Å². The molecular weight excluding hydrogens is 258 g/mol. The minimum atomic E-state index is -3.46. The van der Waals surface area contributed by atoms with E-state index >= 15 is 0 Å². The van der Waals surface area contributed by atoms with Crippen LogP contribution in [0.2, 0.25) is 0 Å². The van der Waals surface area contributed by atoms with Crippen LogP contribution in [0.5, 0.6) is 0 Å². The molecule has 0 aliphatic heterocycles. The van der Waals surface area contributed by atoms with Crippen LogP contribution in [0.15, 0.2) is 0 Å². The highest BCUT2D eigenvalue weighted by molar-refractivity contribution is 7.94. The van der Waals surface area contributed by atoms with E-state index in [-0.39, 0.29) is 5.13 Å². The number of nitrogens with one attached hydrogen (secondary N) is 1. The summed E-state index contributed by atoms with van der Waals surface area (Å²) >= 11 is 6.47. The second kappa shape index (κ2) is 5.09. The van der Waals surface area contributed by atoms with Crippen molar-refractivity contribution in [3.8, 4) is 0 Å². The average Bonchev–Trinajstić information content (AvgIpc) is 2.50. The third-order valence-electron chi connectivity index (χ3n) is 1.44. The van der Waals surface area contributed by atoms with Crippen molar-refractivity contribution in [1.29, 1.82) is 0 Å². The van der Waals surface area contributed by atoms with Gasteiger partial charge in [0.25, 0.3) is 0 Å². The molecule has 1 N–H and O–H groups in total. The van der Waals surface area contributed by atoms with Crippen LogP contribution in [0.4, 0.5) is 5.13 Å². The number of hydrogen-bond acceptors (Lipinski definition) is 5. The summed E-state index contributed by atoms with van der Waals surface area (Å²) in [6.07, 6.45) is 0.792. The minimum absolute atomic E-state index is 0.270. The minimum Gasteiger partial charge on any atom is -0.256 e. The summed E-state index contributed by atoms with van der Waals surface area (Å²) in [6, 6.07) is 0. The number of sulfonamides is 1. The van der Waals surface area contributed by atoms with Crippen LogP contribution >= 0.6 is 22.9 Å². The maximum absolute atomic E-state index is 11.1. The Hall–Kier alpha value is -0.400. The Labute approximate surface area is 97.9 Å². The van der Waals surface area contributed by atoms with Gasteiger partial charge in [0.1, 0.15) is 10.2 Å². The summed E-state index contributed by atoms with van der Waals surface area (Å²) in [5.74, 6) is 0.468. The molecule has 0 saturated carbocycles. The predicted octanol–water partition coefficient (Wildman–Crippen LogP) is 1.67. The van der Waals surface area contributed by atoms with Gasteiger partial charge in [0.2, 0.25) is 15.2 Å². The molecule has 1 rings (SSSR count). The zero-order chi connectivity index (χ0) is 11.5. The maximum atomic E-state index is 11.1. The van der Waals surface area contributed by atoms with Crippen molar-refractivity contribution in [2.45, 2.75) is 20.3 Å². The molecule has 0 fully saturated rings. The SMILES string of the molecule is CC(C)Cc1nnc(NS(=O)(=O)CCl)s1. The highest BCUT2D eigenvalue weighted by atomic mass is 35.5. The van der Waals surface area contributed by atoms with Gasteiger partial charge in [-0.1, -0.05) is 25.2 Å². The summed E-state index contributed by atoms with van der Waals surface area (Å²) in [5, 5.41) is 8.20. The third kappa shape index (κ3) is 4.31. The second-order valence-corrected chi connectivity index (χ2v) is 6.79. The summed E-state index contributed by atoms with van der Waals surface area (Å²) in [6.45, 7) is 4.12. The highest BCUT2D eigenvalue weighted by Gasteiger charge is 2.12. The van der Waals surface area contributed by atoms with Crippen molar-refractivity contribution in [1.82, 2.24) is 10.2 Å². The molecule has 1 aromatic heterocycles. The Kier molecular flexibility index (Phi) is 4.30. The normalized spacial score (nSPS) is 12.0. The standard InChI is InChI=1S/C7H12ClN3O2S2/c1-5(2)3-6-9-10-7(14-6)11-15(12,13)4-8/h5H,3-4H2,1-2H3,(H,10,11). The molecule has 8 heteroatoms. The van der Waals surface area contributed by atoms with Crippen molar-refractivity contribution in [3.05, 3.63) is 5.01 Å². The van der Waals surface area contributed by atoms with E-state index < -0.39 is 15.2 Å². The quantitative estimate of drug-likeness (QED) is 0.826. The number of hydrogen-bond donors (Lipinski definition) is 1. The molecule has 5 nitrogen and oxygen atoms in total. The molecule has 0 unspecified atom stereocenters. The Balaban J connectivity index is 2.69. The van der Waals surface area contributed by atoms with Crippen LogP contribution in [0.1, 0.15) is 18.9 Å². The summed E-state index contributed by atoms with van der Waals surface area (Å²) < 4.78 is 24.4. The lowest BCUT2D eigenvalue weighted by Gasteiger charge is -1.99.